The van der Waals surface area contributed by atoms with E-state index < -0.39 is 39.6 Å². The van der Waals surface area contributed by atoms with Crippen LogP contribution in [0.4, 0.5) is 8.78 Å². The van der Waals surface area contributed by atoms with Crippen molar-refractivity contribution in [3.63, 3.8) is 0 Å². The number of hydrogen-bond acceptors (Lipinski definition) is 3. The van der Waals surface area contributed by atoms with E-state index in [2.05, 4.69) is 0 Å². The van der Waals surface area contributed by atoms with E-state index in [1.807, 2.05) is 0 Å². The van der Waals surface area contributed by atoms with Crippen molar-refractivity contribution in [2.24, 2.45) is 0 Å². The Kier molecular flexibility index (Phi) is 6.67. The van der Waals surface area contributed by atoms with Crippen LogP contribution in [0.3, 0.4) is 0 Å². The molecule has 146 valence electrons. The van der Waals surface area contributed by atoms with E-state index in [0.29, 0.717) is 0 Å². The lowest BCUT2D eigenvalue weighted by molar-refractivity contribution is 0.0692. The minimum atomic E-state index is -4.04. The Morgan fingerprint density at radius 2 is 1.81 bits per heavy atom. The average molecular weight is 397 g/mol. The van der Waals surface area contributed by atoms with E-state index in [0.717, 1.165) is 16.4 Å². The highest BCUT2D eigenvalue weighted by Crippen LogP contribution is 2.25. The molecule has 0 heterocycles. The van der Waals surface area contributed by atoms with Gasteiger partial charge >= 0.3 is 5.97 Å². The van der Waals surface area contributed by atoms with Gasteiger partial charge in [-0.2, -0.15) is 4.31 Å². The van der Waals surface area contributed by atoms with Crippen LogP contribution in [0.1, 0.15) is 36.2 Å². The number of nitrogens with zero attached hydrogens (tertiary/aromatic N) is 1. The lowest BCUT2D eigenvalue weighted by Crippen LogP contribution is -2.44. The molecular formula is C19H21F2NO4S. The number of sulfonamides is 1. The van der Waals surface area contributed by atoms with E-state index >= 15 is 0 Å². The topological polar surface area (TPSA) is 74.7 Å². The molecule has 0 saturated heterocycles. The molecule has 0 aliphatic heterocycles. The van der Waals surface area contributed by atoms with Crippen LogP contribution >= 0.6 is 0 Å². The zero-order valence-corrected chi connectivity index (χ0v) is 15.8. The molecule has 27 heavy (non-hydrogen) atoms. The highest BCUT2D eigenvalue weighted by atomic mass is 32.2. The van der Waals surface area contributed by atoms with Gasteiger partial charge in [-0.3, -0.25) is 0 Å². The van der Waals surface area contributed by atoms with E-state index in [9.17, 15) is 22.0 Å². The van der Waals surface area contributed by atoms with Crippen LogP contribution in [0, 0.1) is 5.82 Å². The molecule has 2 unspecified atom stereocenters. The largest absolute Gasteiger partial charge is 0.478 e. The fraction of sp³-hybridized carbons (Fsp3) is 0.316. The Morgan fingerprint density at radius 3 is 2.30 bits per heavy atom. The molecular weight excluding hydrogens is 376 g/mol. The van der Waals surface area contributed by atoms with Crippen molar-refractivity contribution in [3.05, 3.63) is 65.5 Å². The Balaban J connectivity index is 2.48. The van der Waals surface area contributed by atoms with Crippen LogP contribution in [0.2, 0.25) is 0 Å². The summed E-state index contributed by atoms with van der Waals surface area (Å²) in [6.07, 6.45) is -1.23. The third-order valence-electron chi connectivity index (χ3n) is 4.27. The van der Waals surface area contributed by atoms with Gasteiger partial charge in [0.25, 0.3) is 0 Å². The molecule has 2 aromatic rings. The average Bonchev–Trinajstić information content (AvgIpc) is 2.61. The normalized spacial score (nSPS) is 14.1. The van der Waals surface area contributed by atoms with Crippen molar-refractivity contribution in [1.82, 2.24) is 4.31 Å². The molecule has 0 saturated carbocycles. The molecule has 0 aromatic heterocycles. The molecule has 0 aliphatic carbocycles. The van der Waals surface area contributed by atoms with Gasteiger partial charge in [-0.25, -0.2) is 22.0 Å². The van der Waals surface area contributed by atoms with Crippen molar-refractivity contribution in [1.29, 1.82) is 0 Å². The number of benzene rings is 2. The van der Waals surface area contributed by atoms with Crippen molar-refractivity contribution in [2.45, 2.75) is 43.9 Å². The third-order valence-corrected chi connectivity index (χ3v) is 6.16. The number of carbonyl (C=O) groups is 1. The zero-order chi connectivity index (χ0) is 20.2. The van der Waals surface area contributed by atoms with Gasteiger partial charge in [0, 0.05) is 6.54 Å². The summed E-state index contributed by atoms with van der Waals surface area (Å²) in [6, 6.07) is 10.0. The molecule has 0 radical (unpaired) electrons. The monoisotopic (exact) mass is 397 g/mol. The second-order valence-electron chi connectivity index (χ2n) is 6.14. The van der Waals surface area contributed by atoms with E-state index in [1.54, 1.807) is 25.1 Å². The first kappa shape index (κ1) is 21.0. The molecule has 0 aliphatic rings. The Labute approximate surface area is 157 Å². The van der Waals surface area contributed by atoms with Gasteiger partial charge < -0.3 is 5.11 Å². The molecule has 0 spiro atoms. The van der Waals surface area contributed by atoms with E-state index in [-0.39, 0.29) is 23.4 Å². The van der Waals surface area contributed by atoms with Gasteiger partial charge in [0.2, 0.25) is 10.0 Å². The SMILES string of the molecule is CCC(C(C)F)N(Cc1ccc(C(=O)O)c(F)c1)S(=O)(=O)c1ccccc1. The number of carboxylic acid groups (broad SMARTS) is 1. The molecule has 0 fully saturated rings. The lowest BCUT2D eigenvalue weighted by atomic mass is 10.1. The zero-order valence-electron chi connectivity index (χ0n) is 15.0. The second-order valence-corrected chi connectivity index (χ2v) is 8.03. The van der Waals surface area contributed by atoms with Crippen LogP contribution in [-0.4, -0.2) is 36.0 Å². The predicted molar refractivity (Wildman–Crippen MR) is 97.2 cm³/mol. The number of carboxylic acids is 1. The maximum absolute atomic E-state index is 14.2. The predicted octanol–water partition coefficient (Wildman–Crippen LogP) is 3.85. The first-order valence-electron chi connectivity index (χ1n) is 8.41. The maximum Gasteiger partial charge on any atom is 0.338 e. The summed E-state index contributed by atoms with van der Waals surface area (Å²) in [7, 11) is -4.04. The smallest absolute Gasteiger partial charge is 0.338 e. The fourth-order valence-electron chi connectivity index (χ4n) is 2.88. The molecule has 8 heteroatoms. The van der Waals surface area contributed by atoms with Gasteiger partial charge in [0.05, 0.1) is 16.5 Å². The van der Waals surface area contributed by atoms with Crippen LogP contribution in [0.15, 0.2) is 53.4 Å². The number of aromatic carboxylic acids is 1. The fourth-order valence-corrected chi connectivity index (χ4v) is 4.64. The summed E-state index contributed by atoms with van der Waals surface area (Å²) in [6.45, 7) is 2.67. The highest BCUT2D eigenvalue weighted by molar-refractivity contribution is 7.89. The Morgan fingerprint density at radius 1 is 1.19 bits per heavy atom. The maximum atomic E-state index is 14.2. The molecule has 0 bridgehead atoms. The van der Waals surface area contributed by atoms with Crippen LogP contribution in [-0.2, 0) is 16.6 Å². The minimum absolute atomic E-state index is 0.00623. The van der Waals surface area contributed by atoms with Gasteiger partial charge in [-0.15, -0.1) is 0 Å². The number of alkyl halides is 1. The van der Waals surface area contributed by atoms with Gasteiger partial charge in [-0.1, -0.05) is 31.2 Å². The van der Waals surface area contributed by atoms with E-state index in [1.165, 1.54) is 25.1 Å². The van der Waals surface area contributed by atoms with Crippen molar-refractivity contribution in [3.8, 4) is 0 Å². The molecule has 5 nitrogen and oxygen atoms in total. The third kappa shape index (κ3) is 4.70. The van der Waals surface area contributed by atoms with E-state index in [4.69, 9.17) is 5.11 Å². The van der Waals surface area contributed by atoms with Crippen molar-refractivity contribution >= 4 is 16.0 Å². The number of halogens is 2. The Hall–Kier alpha value is -2.32. The summed E-state index contributed by atoms with van der Waals surface area (Å²) >= 11 is 0. The van der Waals surface area contributed by atoms with Crippen LogP contribution in [0.25, 0.3) is 0 Å². The molecule has 0 amide bonds. The van der Waals surface area contributed by atoms with Gasteiger partial charge in [0.15, 0.2) is 0 Å². The summed E-state index contributed by atoms with van der Waals surface area (Å²) in [5, 5.41) is 8.92. The van der Waals surface area contributed by atoms with Gasteiger partial charge in [-0.05, 0) is 43.2 Å². The summed E-state index contributed by atoms with van der Waals surface area (Å²) in [5.74, 6) is -2.39. The van der Waals surface area contributed by atoms with Crippen molar-refractivity contribution < 1.29 is 27.1 Å². The second kappa shape index (κ2) is 8.58. The highest BCUT2D eigenvalue weighted by Gasteiger charge is 2.34. The number of hydrogen-bond donors (Lipinski definition) is 1. The first-order valence-corrected chi connectivity index (χ1v) is 9.85. The molecule has 1 N–H and O–H groups in total. The Bertz CT molecular complexity index is 901. The molecule has 2 aromatic carbocycles. The standard InChI is InChI=1S/C19H21F2NO4S/c1-3-18(13(2)20)22(27(25,26)15-7-5-4-6-8-15)12-14-9-10-16(19(23)24)17(21)11-14/h4-11,13,18H,3,12H2,1-2H3,(H,23,24). The van der Waals surface area contributed by atoms with Crippen LogP contribution < -0.4 is 0 Å². The summed E-state index contributed by atoms with van der Waals surface area (Å²) in [5.41, 5.74) is -0.279. The quantitative estimate of drug-likeness (QED) is 0.734. The number of rotatable bonds is 8. The van der Waals surface area contributed by atoms with Crippen molar-refractivity contribution in [2.75, 3.05) is 0 Å². The summed E-state index contributed by atoms with van der Waals surface area (Å²) in [4.78, 5) is 11.0. The van der Waals surface area contributed by atoms with Crippen LogP contribution in [0.5, 0.6) is 0 Å². The first-order chi connectivity index (χ1) is 12.7. The lowest BCUT2D eigenvalue weighted by Gasteiger charge is -2.31. The summed E-state index contributed by atoms with van der Waals surface area (Å²) < 4.78 is 55.3. The molecule has 2 rings (SSSR count). The minimum Gasteiger partial charge on any atom is -0.478 e. The van der Waals surface area contributed by atoms with Gasteiger partial charge in [0.1, 0.15) is 12.0 Å². The molecule has 2 atom stereocenters.